The lowest BCUT2D eigenvalue weighted by molar-refractivity contribution is 0.262. The monoisotopic (exact) mass is 615 g/mol. The predicted octanol–water partition coefficient (Wildman–Crippen LogP) is 6.29. The van der Waals surface area contributed by atoms with Crippen LogP contribution in [0.2, 0.25) is 0 Å². The van der Waals surface area contributed by atoms with E-state index in [1.807, 2.05) is 66.7 Å². The van der Waals surface area contributed by atoms with E-state index in [1.54, 1.807) is 12.4 Å². The van der Waals surface area contributed by atoms with Crippen molar-refractivity contribution in [3.63, 3.8) is 0 Å². The Kier molecular flexibility index (Phi) is 8.04. The molecule has 3 aromatic heterocycles. The Labute approximate surface area is 263 Å². The molecule has 0 unspecified atom stereocenters. The summed E-state index contributed by atoms with van der Waals surface area (Å²) in [5, 5.41) is 16.2. The smallest absolute Gasteiger partial charge is 0.323 e. The number of hydrogen-bond donors (Lipinski definition) is 2. The van der Waals surface area contributed by atoms with E-state index in [9.17, 15) is 4.79 Å². The number of carbonyl (C=O) groups excluding carboxylic acids is 1. The van der Waals surface area contributed by atoms with E-state index in [0.717, 1.165) is 59.5 Å². The summed E-state index contributed by atoms with van der Waals surface area (Å²) in [6, 6.07) is 25.2. The largest absolute Gasteiger partial charge is 0.411 e. The van der Waals surface area contributed by atoms with Crippen molar-refractivity contribution in [1.29, 1.82) is 0 Å². The third kappa shape index (κ3) is 6.47. The number of carbonyl (C=O) groups is 1. The second-order valence-corrected chi connectivity index (χ2v) is 11.5. The highest BCUT2D eigenvalue weighted by atomic mass is 32.2. The van der Waals surface area contributed by atoms with Crippen LogP contribution >= 0.6 is 11.8 Å². The molecule has 1 aliphatic rings. The molecule has 45 heavy (non-hydrogen) atoms. The lowest BCUT2D eigenvalue weighted by Gasteiger charge is -2.35. The molecule has 3 aromatic carbocycles. The number of aromatic nitrogens is 5. The van der Waals surface area contributed by atoms with Crippen molar-refractivity contribution in [2.45, 2.75) is 10.2 Å². The SMILES string of the molecule is CN1CCN(c2cc3ncnc(Sc4nnc(-c5cccnc5)o4)c3cc2NC(=O)Nc2ccc(-c3ccccc3)cc2)CC1. The second kappa shape index (κ2) is 12.7. The fourth-order valence-corrected chi connectivity index (χ4v) is 5.90. The zero-order valence-electron chi connectivity index (χ0n) is 24.4. The Morgan fingerprint density at radius 1 is 0.844 bits per heavy atom. The minimum Gasteiger partial charge on any atom is -0.411 e. The molecule has 6 aromatic rings. The maximum atomic E-state index is 13.3. The van der Waals surface area contributed by atoms with Crippen LogP contribution in [0.15, 0.2) is 112 Å². The molecule has 0 aliphatic carbocycles. The molecule has 2 amide bonds. The van der Waals surface area contributed by atoms with Crippen LogP contribution in [0.3, 0.4) is 0 Å². The first-order valence-electron chi connectivity index (χ1n) is 14.5. The van der Waals surface area contributed by atoms with Gasteiger partial charge in [0.15, 0.2) is 0 Å². The quantitative estimate of drug-likeness (QED) is 0.198. The van der Waals surface area contributed by atoms with Gasteiger partial charge in [-0.2, -0.15) is 0 Å². The molecule has 0 radical (unpaired) electrons. The van der Waals surface area contributed by atoms with Crippen LogP contribution in [0.4, 0.5) is 21.9 Å². The zero-order valence-corrected chi connectivity index (χ0v) is 25.2. The van der Waals surface area contributed by atoms with Crippen molar-refractivity contribution in [2.75, 3.05) is 48.8 Å². The van der Waals surface area contributed by atoms with Gasteiger partial charge >= 0.3 is 6.03 Å². The van der Waals surface area contributed by atoms with Crippen molar-refractivity contribution >= 4 is 45.8 Å². The molecule has 1 fully saturated rings. The summed E-state index contributed by atoms with van der Waals surface area (Å²) in [4.78, 5) is 31.1. The maximum absolute atomic E-state index is 13.3. The fraction of sp³-hybridized carbons (Fsp3) is 0.152. The van der Waals surface area contributed by atoms with Crippen LogP contribution in [-0.4, -0.2) is 69.3 Å². The molecule has 0 saturated carbocycles. The summed E-state index contributed by atoms with van der Waals surface area (Å²) in [5.74, 6) is 0.372. The van der Waals surface area contributed by atoms with Crippen molar-refractivity contribution < 1.29 is 9.21 Å². The minimum absolute atomic E-state index is 0.336. The Morgan fingerprint density at radius 2 is 1.62 bits per heavy atom. The van der Waals surface area contributed by atoms with Crippen molar-refractivity contribution in [3.8, 4) is 22.6 Å². The highest BCUT2D eigenvalue weighted by Gasteiger charge is 2.21. The van der Waals surface area contributed by atoms with Crippen LogP contribution in [0.1, 0.15) is 0 Å². The number of urea groups is 1. The van der Waals surface area contributed by atoms with E-state index in [4.69, 9.17) is 4.42 Å². The first-order valence-corrected chi connectivity index (χ1v) is 15.3. The lowest BCUT2D eigenvalue weighted by Crippen LogP contribution is -2.44. The third-order valence-corrected chi connectivity index (χ3v) is 8.42. The van der Waals surface area contributed by atoms with Gasteiger partial charge in [0.25, 0.3) is 5.22 Å². The van der Waals surface area contributed by atoms with Gasteiger partial charge in [-0.3, -0.25) is 4.98 Å². The van der Waals surface area contributed by atoms with E-state index in [2.05, 4.69) is 64.8 Å². The van der Waals surface area contributed by atoms with Crippen LogP contribution in [-0.2, 0) is 0 Å². The van der Waals surface area contributed by atoms with Crippen molar-refractivity contribution in [1.82, 2.24) is 30.0 Å². The molecule has 1 aliphatic heterocycles. The summed E-state index contributed by atoms with van der Waals surface area (Å²) in [6.45, 7) is 3.48. The average Bonchev–Trinajstić information content (AvgIpc) is 3.55. The van der Waals surface area contributed by atoms with Gasteiger partial charge in [0.2, 0.25) is 5.89 Å². The number of fused-ring (bicyclic) bond motifs is 1. The lowest BCUT2D eigenvalue weighted by atomic mass is 10.1. The molecule has 0 atom stereocenters. The Balaban J connectivity index is 1.17. The highest BCUT2D eigenvalue weighted by Crippen LogP contribution is 2.37. The topological polar surface area (TPSA) is 125 Å². The van der Waals surface area contributed by atoms with Gasteiger partial charge in [-0.15, -0.1) is 10.2 Å². The molecule has 0 spiro atoms. The number of anilines is 3. The van der Waals surface area contributed by atoms with Gasteiger partial charge in [-0.1, -0.05) is 42.5 Å². The number of benzene rings is 3. The van der Waals surface area contributed by atoms with Gasteiger partial charge in [0.05, 0.1) is 22.5 Å². The van der Waals surface area contributed by atoms with Crippen LogP contribution in [0.5, 0.6) is 0 Å². The number of piperazine rings is 1. The Bertz CT molecular complexity index is 1930. The molecule has 1 saturated heterocycles. The average molecular weight is 616 g/mol. The van der Waals surface area contributed by atoms with Crippen LogP contribution < -0.4 is 15.5 Å². The maximum Gasteiger partial charge on any atom is 0.323 e. The summed E-state index contributed by atoms with van der Waals surface area (Å²) in [7, 11) is 2.11. The standard InChI is InChI=1S/C33H29N9O2S/c1-41-14-16-42(17-15-41)29-19-27-26(31(36-21-35-27)45-33-40-39-30(44-33)24-8-5-13-34-20-24)18-28(29)38-32(43)37-25-11-9-23(10-12-25)22-6-3-2-4-7-22/h2-13,18-21H,14-17H2,1H3,(H2,37,38,43). The zero-order chi connectivity index (χ0) is 30.6. The van der Waals surface area contributed by atoms with Crippen molar-refractivity contribution in [3.05, 3.63) is 97.6 Å². The summed E-state index contributed by atoms with van der Waals surface area (Å²) < 4.78 is 5.90. The van der Waals surface area contributed by atoms with E-state index >= 15 is 0 Å². The molecular weight excluding hydrogens is 586 g/mol. The van der Waals surface area contributed by atoms with Gasteiger partial charge in [-0.25, -0.2) is 14.8 Å². The molecule has 2 N–H and O–H groups in total. The summed E-state index contributed by atoms with van der Waals surface area (Å²) in [5.41, 5.74) is 5.91. The van der Waals surface area contributed by atoms with E-state index < -0.39 is 0 Å². The van der Waals surface area contributed by atoms with Crippen LogP contribution in [0.25, 0.3) is 33.5 Å². The first-order chi connectivity index (χ1) is 22.1. The minimum atomic E-state index is -0.346. The van der Waals surface area contributed by atoms with Gasteiger partial charge in [0, 0.05) is 49.6 Å². The number of hydrogen-bond acceptors (Lipinski definition) is 10. The van der Waals surface area contributed by atoms with Gasteiger partial charge in [0.1, 0.15) is 11.4 Å². The van der Waals surface area contributed by atoms with Crippen LogP contribution in [0, 0.1) is 0 Å². The molecule has 0 bridgehead atoms. The van der Waals surface area contributed by atoms with E-state index in [1.165, 1.54) is 18.1 Å². The number of nitrogens with zero attached hydrogens (tertiary/aromatic N) is 7. The summed E-state index contributed by atoms with van der Waals surface area (Å²) in [6.07, 6.45) is 4.88. The molecule has 11 nitrogen and oxygen atoms in total. The molecule has 224 valence electrons. The van der Waals surface area contributed by atoms with Gasteiger partial charge < -0.3 is 24.9 Å². The van der Waals surface area contributed by atoms with Gasteiger partial charge in [-0.05, 0) is 66.3 Å². The van der Waals surface area contributed by atoms with E-state index in [0.29, 0.717) is 27.5 Å². The number of rotatable bonds is 7. The number of likely N-dealkylation sites (N-methyl/N-ethyl adjacent to an activating group) is 1. The number of pyridine rings is 1. The molecule has 7 rings (SSSR count). The van der Waals surface area contributed by atoms with Crippen molar-refractivity contribution in [2.24, 2.45) is 0 Å². The summed E-state index contributed by atoms with van der Waals surface area (Å²) >= 11 is 1.24. The molecular formula is C33H29N9O2S. The second-order valence-electron chi connectivity index (χ2n) is 10.6. The fourth-order valence-electron chi connectivity index (χ4n) is 5.16. The van der Waals surface area contributed by atoms with E-state index in [-0.39, 0.29) is 6.03 Å². The highest BCUT2D eigenvalue weighted by molar-refractivity contribution is 7.99. The number of amides is 2. The Hall–Kier alpha value is -5.33. The first kappa shape index (κ1) is 28.4. The number of nitrogens with one attached hydrogen (secondary N) is 2. The molecule has 12 heteroatoms. The predicted molar refractivity (Wildman–Crippen MR) is 175 cm³/mol. The third-order valence-electron chi connectivity index (χ3n) is 7.56. The normalized spacial score (nSPS) is 13.6. The Morgan fingerprint density at radius 3 is 2.40 bits per heavy atom. The molecule has 4 heterocycles.